The summed E-state index contributed by atoms with van der Waals surface area (Å²) in [6, 6.07) is 12.2. The van der Waals surface area contributed by atoms with Crippen LogP contribution in [0.5, 0.6) is 0 Å². The van der Waals surface area contributed by atoms with Gasteiger partial charge in [-0.05, 0) is 55.0 Å². The van der Waals surface area contributed by atoms with E-state index in [1.165, 1.54) is 4.57 Å². The number of carbonyl (C=O) groups excluding carboxylic acids is 1. The SMILES string of the molecule is CCn1c(=S)[nH]c2cc(C(=O)NCc3ccc(Cl)cc3)ccc2c1=O. The van der Waals surface area contributed by atoms with Crippen molar-refractivity contribution in [1.29, 1.82) is 0 Å². The molecule has 0 unspecified atom stereocenters. The van der Waals surface area contributed by atoms with Gasteiger partial charge in [0.05, 0.1) is 10.9 Å². The van der Waals surface area contributed by atoms with E-state index in [0.717, 1.165) is 5.56 Å². The number of H-pyrrole nitrogens is 1. The first-order valence-corrected chi connectivity index (χ1v) is 8.57. The predicted molar refractivity (Wildman–Crippen MR) is 102 cm³/mol. The van der Waals surface area contributed by atoms with Gasteiger partial charge in [0.15, 0.2) is 4.77 Å². The Morgan fingerprint density at radius 1 is 1.24 bits per heavy atom. The Labute approximate surface area is 154 Å². The maximum atomic E-state index is 12.4. The van der Waals surface area contributed by atoms with Gasteiger partial charge in [0.2, 0.25) is 0 Å². The molecule has 0 bridgehead atoms. The summed E-state index contributed by atoms with van der Waals surface area (Å²) in [4.78, 5) is 27.7. The van der Waals surface area contributed by atoms with Crippen LogP contribution in [0.3, 0.4) is 0 Å². The number of amides is 1. The molecule has 0 aliphatic carbocycles. The van der Waals surface area contributed by atoms with Gasteiger partial charge in [-0.15, -0.1) is 0 Å². The van der Waals surface area contributed by atoms with Crippen molar-refractivity contribution >= 4 is 40.6 Å². The highest BCUT2D eigenvalue weighted by Gasteiger charge is 2.10. The molecule has 0 saturated heterocycles. The Morgan fingerprint density at radius 3 is 2.64 bits per heavy atom. The van der Waals surface area contributed by atoms with Gasteiger partial charge in [0.1, 0.15) is 0 Å². The number of nitrogens with zero attached hydrogens (tertiary/aromatic N) is 1. The fourth-order valence-corrected chi connectivity index (χ4v) is 3.02. The molecule has 5 nitrogen and oxygen atoms in total. The van der Waals surface area contributed by atoms with Crippen LogP contribution >= 0.6 is 23.8 Å². The molecule has 3 rings (SSSR count). The van der Waals surface area contributed by atoms with Crippen LogP contribution in [0.25, 0.3) is 10.9 Å². The van der Waals surface area contributed by atoms with Crippen LogP contribution in [0.1, 0.15) is 22.8 Å². The Bertz CT molecular complexity index is 1050. The Kier molecular flexibility index (Phi) is 5.01. The lowest BCUT2D eigenvalue weighted by Gasteiger charge is -2.08. The molecule has 25 heavy (non-hydrogen) atoms. The molecule has 2 aromatic carbocycles. The highest BCUT2D eigenvalue weighted by atomic mass is 35.5. The molecule has 0 radical (unpaired) electrons. The maximum Gasteiger partial charge on any atom is 0.262 e. The quantitative estimate of drug-likeness (QED) is 0.686. The van der Waals surface area contributed by atoms with Crippen LogP contribution in [0.2, 0.25) is 5.02 Å². The average molecular weight is 374 g/mol. The molecule has 3 aromatic rings. The molecule has 0 spiro atoms. The van der Waals surface area contributed by atoms with Gasteiger partial charge in [-0.25, -0.2) is 0 Å². The zero-order valence-electron chi connectivity index (χ0n) is 13.5. The summed E-state index contributed by atoms with van der Waals surface area (Å²) in [7, 11) is 0. The number of benzene rings is 2. The summed E-state index contributed by atoms with van der Waals surface area (Å²) >= 11 is 11.0. The average Bonchev–Trinajstić information content (AvgIpc) is 2.61. The van der Waals surface area contributed by atoms with Crippen molar-refractivity contribution in [2.24, 2.45) is 0 Å². The minimum Gasteiger partial charge on any atom is -0.348 e. The maximum absolute atomic E-state index is 12.4. The molecule has 0 aliphatic heterocycles. The third kappa shape index (κ3) is 3.65. The summed E-state index contributed by atoms with van der Waals surface area (Å²) in [6.45, 7) is 2.74. The van der Waals surface area contributed by atoms with E-state index in [0.29, 0.717) is 39.3 Å². The Morgan fingerprint density at radius 2 is 1.96 bits per heavy atom. The lowest BCUT2D eigenvalue weighted by Crippen LogP contribution is -2.24. The molecule has 1 aromatic heterocycles. The van der Waals surface area contributed by atoms with Gasteiger partial charge in [0.25, 0.3) is 11.5 Å². The fraction of sp³-hybridized carbons (Fsp3) is 0.167. The minimum absolute atomic E-state index is 0.158. The van der Waals surface area contributed by atoms with E-state index in [4.69, 9.17) is 23.8 Å². The minimum atomic E-state index is -0.226. The normalized spacial score (nSPS) is 10.8. The smallest absolute Gasteiger partial charge is 0.262 e. The van der Waals surface area contributed by atoms with Crippen molar-refractivity contribution in [1.82, 2.24) is 14.9 Å². The van der Waals surface area contributed by atoms with E-state index < -0.39 is 0 Å². The summed E-state index contributed by atoms with van der Waals surface area (Å²) < 4.78 is 1.83. The van der Waals surface area contributed by atoms with Crippen molar-refractivity contribution in [3.63, 3.8) is 0 Å². The molecule has 0 saturated carbocycles. The second kappa shape index (κ2) is 7.21. The van der Waals surface area contributed by atoms with Gasteiger partial charge in [-0.2, -0.15) is 0 Å². The van der Waals surface area contributed by atoms with Gasteiger partial charge < -0.3 is 10.3 Å². The van der Waals surface area contributed by atoms with E-state index in [9.17, 15) is 9.59 Å². The molecule has 2 N–H and O–H groups in total. The topological polar surface area (TPSA) is 66.9 Å². The third-order valence-electron chi connectivity index (χ3n) is 3.93. The van der Waals surface area contributed by atoms with Crippen molar-refractivity contribution in [3.05, 3.63) is 73.7 Å². The first-order valence-electron chi connectivity index (χ1n) is 7.79. The van der Waals surface area contributed by atoms with Crippen LogP contribution in [-0.2, 0) is 13.1 Å². The molecular weight excluding hydrogens is 358 g/mol. The second-order valence-corrected chi connectivity index (χ2v) is 6.37. The third-order valence-corrected chi connectivity index (χ3v) is 4.50. The van der Waals surface area contributed by atoms with E-state index in [-0.39, 0.29) is 11.5 Å². The number of aromatic nitrogens is 2. The lowest BCUT2D eigenvalue weighted by molar-refractivity contribution is 0.0951. The first kappa shape index (κ1) is 17.4. The van der Waals surface area contributed by atoms with Crippen LogP contribution in [0.4, 0.5) is 0 Å². The number of carbonyl (C=O) groups is 1. The molecule has 128 valence electrons. The van der Waals surface area contributed by atoms with Gasteiger partial charge in [-0.3, -0.25) is 14.2 Å². The molecule has 0 aliphatic rings. The van der Waals surface area contributed by atoms with Crippen LogP contribution in [-0.4, -0.2) is 15.5 Å². The zero-order chi connectivity index (χ0) is 18.0. The van der Waals surface area contributed by atoms with E-state index >= 15 is 0 Å². The summed E-state index contributed by atoms with van der Waals surface area (Å²) in [5.74, 6) is -0.226. The Balaban J connectivity index is 1.86. The van der Waals surface area contributed by atoms with Crippen molar-refractivity contribution < 1.29 is 4.79 Å². The van der Waals surface area contributed by atoms with Crippen molar-refractivity contribution in [2.45, 2.75) is 20.0 Å². The summed E-state index contributed by atoms with van der Waals surface area (Å²) in [5.41, 5.74) is 1.80. The predicted octanol–water partition coefficient (Wildman–Crippen LogP) is 3.66. The highest BCUT2D eigenvalue weighted by molar-refractivity contribution is 7.71. The van der Waals surface area contributed by atoms with E-state index in [1.807, 2.05) is 19.1 Å². The van der Waals surface area contributed by atoms with Crippen LogP contribution < -0.4 is 10.9 Å². The van der Waals surface area contributed by atoms with Gasteiger partial charge >= 0.3 is 0 Å². The molecule has 1 amide bonds. The molecule has 0 fully saturated rings. The first-order chi connectivity index (χ1) is 12.0. The number of hydrogen-bond donors (Lipinski definition) is 2. The summed E-state index contributed by atoms with van der Waals surface area (Å²) in [6.07, 6.45) is 0. The Hall–Kier alpha value is -2.44. The largest absolute Gasteiger partial charge is 0.348 e. The second-order valence-electron chi connectivity index (χ2n) is 5.55. The monoisotopic (exact) mass is 373 g/mol. The van der Waals surface area contributed by atoms with Crippen molar-refractivity contribution in [3.8, 4) is 0 Å². The molecule has 1 heterocycles. The van der Waals surface area contributed by atoms with E-state index in [2.05, 4.69) is 10.3 Å². The number of nitrogens with one attached hydrogen (secondary N) is 2. The van der Waals surface area contributed by atoms with Crippen LogP contribution in [0.15, 0.2) is 47.3 Å². The van der Waals surface area contributed by atoms with Gasteiger partial charge in [-0.1, -0.05) is 23.7 Å². The summed E-state index contributed by atoms with van der Waals surface area (Å²) in [5, 5.41) is 4.00. The zero-order valence-corrected chi connectivity index (χ0v) is 15.1. The number of aromatic amines is 1. The lowest BCUT2D eigenvalue weighted by atomic mass is 10.1. The number of hydrogen-bond acceptors (Lipinski definition) is 3. The molecule has 0 atom stereocenters. The number of fused-ring (bicyclic) bond motifs is 1. The number of rotatable bonds is 4. The standard InChI is InChI=1S/C18H16ClN3O2S/c1-2-22-17(24)14-8-5-12(9-15(14)21-18(22)25)16(23)20-10-11-3-6-13(19)7-4-11/h3-9H,2,10H2,1H3,(H,20,23)(H,21,25). The molecular formula is C18H16ClN3O2S. The number of halogens is 1. The highest BCUT2D eigenvalue weighted by Crippen LogP contribution is 2.12. The van der Waals surface area contributed by atoms with Gasteiger partial charge in [0, 0.05) is 23.7 Å². The van der Waals surface area contributed by atoms with Crippen molar-refractivity contribution in [2.75, 3.05) is 0 Å². The fourth-order valence-electron chi connectivity index (χ4n) is 2.57. The van der Waals surface area contributed by atoms with Crippen LogP contribution in [0, 0.1) is 4.77 Å². The molecule has 7 heteroatoms. The van der Waals surface area contributed by atoms with E-state index in [1.54, 1.807) is 30.3 Å².